The first-order valence-corrected chi connectivity index (χ1v) is 6.82. The van der Waals surface area contributed by atoms with Gasteiger partial charge in [-0.2, -0.15) is 0 Å². The number of rotatable bonds is 5. The van der Waals surface area contributed by atoms with E-state index in [1.54, 1.807) is 12.1 Å². The molecule has 1 saturated carbocycles. The SMILES string of the molecule is O=[N+]([O-])/C=C/COC1CCC(c2cccc(F)c2)CC1. The maximum Gasteiger partial charge on any atom is 0.232 e. The maximum absolute atomic E-state index is 13.2. The molecule has 108 valence electrons. The second-order valence-electron chi connectivity index (χ2n) is 5.03. The Morgan fingerprint density at radius 3 is 2.75 bits per heavy atom. The highest BCUT2D eigenvalue weighted by Gasteiger charge is 2.22. The van der Waals surface area contributed by atoms with Crippen molar-refractivity contribution in [3.8, 4) is 0 Å². The van der Waals surface area contributed by atoms with Gasteiger partial charge in [-0.15, -0.1) is 0 Å². The molecule has 0 saturated heterocycles. The third-order valence-electron chi connectivity index (χ3n) is 3.65. The first kappa shape index (κ1) is 14.7. The number of halogens is 1. The van der Waals surface area contributed by atoms with Gasteiger partial charge >= 0.3 is 0 Å². The van der Waals surface area contributed by atoms with Crippen LogP contribution < -0.4 is 0 Å². The molecule has 0 spiro atoms. The van der Waals surface area contributed by atoms with Gasteiger partial charge in [-0.05, 0) is 49.3 Å². The van der Waals surface area contributed by atoms with Crippen LogP contribution in [-0.4, -0.2) is 17.6 Å². The molecule has 1 fully saturated rings. The fraction of sp³-hybridized carbons (Fsp3) is 0.467. The van der Waals surface area contributed by atoms with Crippen LogP contribution in [-0.2, 0) is 4.74 Å². The topological polar surface area (TPSA) is 52.4 Å². The van der Waals surface area contributed by atoms with E-state index in [4.69, 9.17) is 4.74 Å². The summed E-state index contributed by atoms with van der Waals surface area (Å²) in [5, 5.41) is 10.1. The second-order valence-corrected chi connectivity index (χ2v) is 5.03. The number of nitro groups is 1. The molecule has 0 aromatic heterocycles. The van der Waals surface area contributed by atoms with Gasteiger partial charge in [-0.25, -0.2) is 4.39 Å². The van der Waals surface area contributed by atoms with Crippen LogP contribution in [0.2, 0.25) is 0 Å². The molecule has 2 rings (SSSR count). The minimum atomic E-state index is -0.496. The largest absolute Gasteiger partial charge is 0.374 e. The van der Waals surface area contributed by atoms with Crippen LogP contribution >= 0.6 is 0 Å². The molecular formula is C15H18FNO3. The monoisotopic (exact) mass is 279 g/mol. The van der Waals surface area contributed by atoms with E-state index in [9.17, 15) is 14.5 Å². The van der Waals surface area contributed by atoms with Crippen molar-refractivity contribution in [1.29, 1.82) is 0 Å². The quantitative estimate of drug-likeness (QED) is 0.610. The van der Waals surface area contributed by atoms with E-state index in [0.29, 0.717) is 5.92 Å². The molecule has 0 bridgehead atoms. The lowest BCUT2D eigenvalue weighted by atomic mass is 9.83. The fourth-order valence-corrected chi connectivity index (χ4v) is 2.64. The van der Waals surface area contributed by atoms with Gasteiger partial charge in [0.1, 0.15) is 5.82 Å². The minimum Gasteiger partial charge on any atom is -0.374 e. The lowest BCUT2D eigenvalue weighted by Crippen LogP contribution is -2.21. The zero-order chi connectivity index (χ0) is 14.4. The van der Waals surface area contributed by atoms with E-state index in [1.807, 2.05) is 6.07 Å². The molecule has 0 N–H and O–H groups in total. The van der Waals surface area contributed by atoms with Crippen molar-refractivity contribution in [2.75, 3.05) is 6.61 Å². The summed E-state index contributed by atoms with van der Waals surface area (Å²) >= 11 is 0. The Morgan fingerprint density at radius 2 is 2.10 bits per heavy atom. The lowest BCUT2D eigenvalue weighted by Gasteiger charge is -2.28. The van der Waals surface area contributed by atoms with E-state index >= 15 is 0 Å². The first-order chi connectivity index (χ1) is 9.65. The van der Waals surface area contributed by atoms with Crippen molar-refractivity contribution < 1.29 is 14.1 Å². The summed E-state index contributed by atoms with van der Waals surface area (Å²) in [6.07, 6.45) is 6.22. The van der Waals surface area contributed by atoms with Crippen LogP contribution in [0.15, 0.2) is 36.5 Å². The van der Waals surface area contributed by atoms with Crippen molar-refractivity contribution in [3.05, 3.63) is 58.0 Å². The highest BCUT2D eigenvalue weighted by atomic mass is 19.1. The van der Waals surface area contributed by atoms with E-state index in [2.05, 4.69) is 0 Å². The molecule has 1 aliphatic rings. The predicted molar refractivity (Wildman–Crippen MR) is 73.5 cm³/mol. The highest BCUT2D eigenvalue weighted by Crippen LogP contribution is 2.34. The third-order valence-corrected chi connectivity index (χ3v) is 3.65. The summed E-state index contributed by atoms with van der Waals surface area (Å²) in [5.74, 6) is 0.200. The van der Waals surface area contributed by atoms with Crippen molar-refractivity contribution in [2.24, 2.45) is 0 Å². The summed E-state index contributed by atoms with van der Waals surface area (Å²) < 4.78 is 18.8. The Labute approximate surface area is 117 Å². The van der Waals surface area contributed by atoms with Crippen molar-refractivity contribution in [2.45, 2.75) is 37.7 Å². The molecule has 5 heteroatoms. The van der Waals surface area contributed by atoms with Gasteiger partial charge in [0, 0.05) is 6.08 Å². The Hall–Kier alpha value is -1.75. The standard InChI is InChI=1S/C15H18FNO3/c16-14-4-1-3-13(11-14)12-5-7-15(8-6-12)20-10-2-9-17(18)19/h1-4,9,11-12,15H,5-8,10H2/b9-2+. The Kier molecular flexibility index (Phi) is 5.24. The lowest BCUT2D eigenvalue weighted by molar-refractivity contribution is -0.402. The van der Waals surface area contributed by atoms with Crippen LogP contribution in [0.3, 0.4) is 0 Å². The van der Waals surface area contributed by atoms with E-state index in [0.717, 1.165) is 37.4 Å². The molecule has 1 aromatic carbocycles. The van der Waals surface area contributed by atoms with Crippen molar-refractivity contribution in [3.63, 3.8) is 0 Å². The average Bonchev–Trinajstić information content (AvgIpc) is 2.44. The van der Waals surface area contributed by atoms with Crippen molar-refractivity contribution in [1.82, 2.24) is 0 Å². The third kappa shape index (κ3) is 4.42. The molecule has 0 amide bonds. The number of nitrogens with zero attached hydrogens (tertiary/aromatic N) is 1. The molecule has 20 heavy (non-hydrogen) atoms. The second kappa shape index (κ2) is 7.14. The van der Waals surface area contributed by atoms with Gasteiger partial charge < -0.3 is 4.74 Å². The Morgan fingerprint density at radius 1 is 1.35 bits per heavy atom. The van der Waals surface area contributed by atoms with Crippen LogP contribution in [0, 0.1) is 15.9 Å². The predicted octanol–water partition coefficient (Wildman–Crippen LogP) is 3.66. The van der Waals surface area contributed by atoms with E-state index < -0.39 is 4.92 Å². The minimum absolute atomic E-state index is 0.149. The van der Waals surface area contributed by atoms with Crippen LogP contribution in [0.1, 0.15) is 37.2 Å². The molecule has 0 unspecified atom stereocenters. The van der Waals surface area contributed by atoms with Gasteiger partial charge in [0.25, 0.3) is 0 Å². The zero-order valence-corrected chi connectivity index (χ0v) is 11.2. The molecular weight excluding hydrogens is 261 g/mol. The number of ether oxygens (including phenoxy) is 1. The van der Waals surface area contributed by atoms with Crippen molar-refractivity contribution >= 4 is 0 Å². The molecule has 0 aliphatic heterocycles. The van der Waals surface area contributed by atoms with Gasteiger partial charge in [0.05, 0.1) is 17.6 Å². The Bertz CT molecular complexity index is 482. The summed E-state index contributed by atoms with van der Waals surface area (Å²) in [6, 6.07) is 6.77. The molecule has 1 aliphatic carbocycles. The van der Waals surface area contributed by atoms with Gasteiger partial charge in [0.2, 0.25) is 6.20 Å². The normalized spacial score (nSPS) is 23.1. The highest BCUT2D eigenvalue weighted by molar-refractivity contribution is 5.21. The first-order valence-electron chi connectivity index (χ1n) is 6.82. The maximum atomic E-state index is 13.2. The van der Waals surface area contributed by atoms with Crippen LogP contribution in [0.4, 0.5) is 4.39 Å². The molecule has 0 atom stereocenters. The fourth-order valence-electron chi connectivity index (χ4n) is 2.64. The average molecular weight is 279 g/mol. The number of hydrogen-bond acceptors (Lipinski definition) is 3. The molecule has 4 nitrogen and oxygen atoms in total. The van der Waals surface area contributed by atoms with E-state index in [1.165, 1.54) is 12.1 Å². The van der Waals surface area contributed by atoms with Gasteiger partial charge in [-0.3, -0.25) is 10.1 Å². The summed E-state index contributed by atoms with van der Waals surface area (Å²) in [6.45, 7) is 0.274. The molecule has 0 radical (unpaired) electrons. The van der Waals surface area contributed by atoms with E-state index in [-0.39, 0.29) is 18.5 Å². The van der Waals surface area contributed by atoms with Crippen LogP contribution in [0.25, 0.3) is 0 Å². The summed E-state index contributed by atoms with van der Waals surface area (Å²) in [4.78, 5) is 9.61. The smallest absolute Gasteiger partial charge is 0.232 e. The van der Waals surface area contributed by atoms with Gasteiger partial charge in [0.15, 0.2) is 0 Å². The number of hydrogen-bond donors (Lipinski definition) is 0. The van der Waals surface area contributed by atoms with Gasteiger partial charge in [-0.1, -0.05) is 12.1 Å². The number of benzene rings is 1. The summed E-state index contributed by atoms with van der Waals surface area (Å²) in [5.41, 5.74) is 1.05. The summed E-state index contributed by atoms with van der Waals surface area (Å²) in [7, 11) is 0. The molecule has 1 aromatic rings. The molecule has 0 heterocycles. The Balaban J connectivity index is 1.76. The van der Waals surface area contributed by atoms with Crippen LogP contribution in [0.5, 0.6) is 0 Å². The zero-order valence-electron chi connectivity index (χ0n) is 11.2.